The topological polar surface area (TPSA) is 113 Å². The zero-order valence-corrected chi connectivity index (χ0v) is 12.4. The van der Waals surface area contributed by atoms with Crippen LogP contribution in [0.25, 0.3) is 0 Å². The fourth-order valence-electron chi connectivity index (χ4n) is 2.26. The van der Waals surface area contributed by atoms with E-state index >= 15 is 0 Å². The Balaban J connectivity index is 2.13. The lowest BCUT2D eigenvalue weighted by atomic mass is 10.2. The molecule has 1 heterocycles. The molecule has 2 unspecified atom stereocenters. The van der Waals surface area contributed by atoms with E-state index in [4.69, 9.17) is 14.9 Å². The Morgan fingerprint density at radius 2 is 1.80 bits per heavy atom. The minimum atomic E-state index is -5.28. The number of rotatable bonds is 5. The number of ether oxygens (including phenoxy) is 1. The van der Waals surface area contributed by atoms with Crippen molar-refractivity contribution in [3.63, 3.8) is 0 Å². The number of carboxylic acid groups (broad SMARTS) is 2. The number of para-hydroxylation sites is 1. The lowest BCUT2D eigenvalue weighted by molar-refractivity contribution is -0.242. The molecule has 0 radical (unpaired) electrons. The lowest BCUT2D eigenvalue weighted by Crippen LogP contribution is -2.41. The molecule has 1 aromatic rings. The summed E-state index contributed by atoms with van der Waals surface area (Å²) in [4.78, 5) is 37.2. The van der Waals surface area contributed by atoms with Crippen LogP contribution in [-0.2, 0) is 14.4 Å². The van der Waals surface area contributed by atoms with Gasteiger partial charge in [-0.15, -0.1) is 5.06 Å². The van der Waals surface area contributed by atoms with Gasteiger partial charge in [0.1, 0.15) is 23.5 Å². The minimum absolute atomic E-state index is 0.0758. The fourth-order valence-corrected chi connectivity index (χ4v) is 2.26. The summed E-state index contributed by atoms with van der Waals surface area (Å²) in [5.74, 6) is -5.42. The van der Waals surface area contributed by atoms with Gasteiger partial charge in [0, 0.05) is 6.42 Å². The summed E-state index contributed by atoms with van der Waals surface area (Å²) >= 11 is 0. The van der Waals surface area contributed by atoms with Crippen LogP contribution >= 0.6 is 0 Å². The first-order valence-corrected chi connectivity index (χ1v) is 6.87. The van der Waals surface area contributed by atoms with E-state index in [0.29, 0.717) is 5.06 Å². The van der Waals surface area contributed by atoms with Gasteiger partial charge in [0.25, 0.3) is 0 Å². The second-order valence-electron chi connectivity index (χ2n) is 5.11. The van der Waals surface area contributed by atoms with Gasteiger partial charge in [0.15, 0.2) is 0 Å². The van der Waals surface area contributed by atoms with E-state index in [1.165, 1.54) is 24.3 Å². The Labute approximate surface area is 138 Å². The molecule has 0 aliphatic carbocycles. The van der Waals surface area contributed by atoms with Gasteiger partial charge in [-0.05, 0) is 12.1 Å². The highest BCUT2D eigenvalue weighted by Gasteiger charge is 2.47. The molecule has 2 N–H and O–H groups in total. The summed E-state index contributed by atoms with van der Waals surface area (Å²) in [7, 11) is 0. The Hall–Kier alpha value is -2.82. The van der Waals surface area contributed by atoms with Gasteiger partial charge in [-0.25, -0.2) is 9.59 Å². The van der Waals surface area contributed by atoms with Crippen LogP contribution in [0.1, 0.15) is 16.8 Å². The van der Waals surface area contributed by atoms with Gasteiger partial charge in [0.2, 0.25) is 0 Å². The number of carbonyl (C=O) groups is 3. The Bertz CT molecular complexity index is 691. The number of aromatic carboxylic acids is 1. The summed E-state index contributed by atoms with van der Waals surface area (Å²) in [6.45, 7) is -0.466. The molecule has 1 aromatic carbocycles. The number of benzene rings is 1. The molecular formula is C14H12F3NO7. The van der Waals surface area contributed by atoms with E-state index in [-0.39, 0.29) is 17.7 Å². The second-order valence-corrected chi connectivity index (χ2v) is 5.11. The van der Waals surface area contributed by atoms with Crippen molar-refractivity contribution in [1.82, 2.24) is 5.06 Å². The predicted octanol–water partition coefficient (Wildman–Crippen LogP) is 1.31. The van der Waals surface area contributed by atoms with E-state index < -0.39 is 42.8 Å². The number of hydrogen-bond acceptors (Lipinski definition) is 6. The van der Waals surface area contributed by atoms with Crippen LogP contribution in [0.2, 0.25) is 0 Å². The molecule has 1 aliphatic rings. The molecule has 25 heavy (non-hydrogen) atoms. The number of hydroxylamine groups is 2. The van der Waals surface area contributed by atoms with Crippen molar-refractivity contribution in [3.05, 3.63) is 29.8 Å². The SMILES string of the molecule is O=C(O)c1ccccc1OC1CC(C(=O)O)N(OC(=O)C(F)(F)F)C1. The summed E-state index contributed by atoms with van der Waals surface area (Å²) in [6, 6.07) is 3.95. The van der Waals surface area contributed by atoms with Crippen LogP contribution in [0.15, 0.2) is 24.3 Å². The van der Waals surface area contributed by atoms with Gasteiger partial charge in [0.05, 0.1) is 6.54 Å². The summed E-state index contributed by atoms with van der Waals surface area (Å²) in [5.41, 5.74) is -0.194. The number of carboxylic acids is 2. The Kier molecular flexibility index (Phi) is 5.16. The number of carbonyl (C=O) groups excluding carboxylic acids is 1. The van der Waals surface area contributed by atoms with E-state index in [1.807, 2.05) is 0 Å². The molecule has 136 valence electrons. The van der Waals surface area contributed by atoms with Crippen molar-refractivity contribution in [3.8, 4) is 5.75 Å². The molecule has 1 fully saturated rings. The maximum Gasteiger partial charge on any atom is 0.492 e. The van der Waals surface area contributed by atoms with Crippen LogP contribution in [0.5, 0.6) is 5.75 Å². The molecule has 1 aliphatic heterocycles. The summed E-state index contributed by atoms with van der Waals surface area (Å²) < 4.78 is 42.2. The monoisotopic (exact) mass is 363 g/mol. The summed E-state index contributed by atoms with van der Waals surface area (Å²) in [6.07, 6.45) is -6.56. The molecule has 1 saturated heterocycles. The van der Waals surface area contributed by atoms with Crippen LogP contribution in [0.3, 0.4) is 0 Å². The minimum Gasteiger partial charge on any atom is -0.488 e. The zero-order chi connectivity index (χ0) is 18.8. The molecule has 0 aromatic heterocycles. The summed E-state index contributed by atoms with van der Waals surface area (Å²) in [5, 5.41) is 18.5. The molecular weight excluding hydrogens is 351 g/mol. The van der Waals surface area contributed by atoms with Crippen molar-refractivity contribution in [2.45, 2.75) is 24.7 Å². The molecule has 0 bridgehead atoms. The van der Waals surface area contributed by atoms with E-state index in [9.17, 15) is 27.6 Å². The smallest absolute Gasteiger partial charge is 0.488 e. The first-order chi connectivity index (χ1) is 11.6. The van der Waals surface area contributed by atoms with Crippen LogP contribution in [-0.4, -0.2) is 58.1 Å². The van der Waals surface area contributed by atoms with E-state index in [0.717, 1.165) is 0 Å². The van der Waals surface area contributed by atoms with Gasteiger partial charge in [-0.3, -0.25) is 4.79 Å². The normalized spacial score (nSPS) is 20.9. The van der Waals surface area contributed by atoms with Crippen molar-refractivity contribution in [1.29, 1.82) is 0 Å². The van der Waals surface area contributed by atoms with Crippen molar-refractivity contribution < 1.29 is 47.3 Å². The van der Waals surface area contributed by atoms with Crippen LogP contribution in [0, 0.1) is 0 Å². The average molecular weight is 363 g/mol. The van der Waals surface area contributed by atoms with Crippen molar-refractivity contribution >= 4 is 17.9 Å². The molecule has 0 saturated carbocycles. The Morgan fingerprint density at radius 3 is 2.36 bits per heavy atom. The van der Waals surface area contributed by atoms with Gasteiger partial charge in [-0.2, -0.15) is 13.2 Å². The highest BCUT2D eigenvalue weighted by Crippen LogP contribution is 2.27. The highest BCUT2D eigenvalue weighted by molar-refractivity contribution is 5.90. The molecule has 11 heteroatoms. The first-order valence-electron chi connectivity index (χ1n) is 6.87. The number of hydrogen-bond donors (Lipinski definition) is 2. The number of halogens is 3. The maximum absolute atomic E-state index is 12.3. The molecule has 0 spiro atoms. The number of nitrogens with zero attached hydrogens (tertiary/aromatic N) is 1. The van der Waals surface area contributed by atoms with Crippen LogP contribution in [0.4, 0.5) is 13.2 Å². The van der Waals surface area contributed by atoms with Gasteiger partial charge in [-0.1, -0.05) is 12.1 Å². The Morgan fingerprint density at radius 1 is 1.16 bits per heavy atom. The van der Waals surface area contributed by atoms with Gasteiger partial charge < -0.3 is 19.8 Å². The number of aliphatic carboxylic acids is 1. The third-order valence-corrected chi connectivity index (χ3v) is 3.35. The second kappa shape index (κ2) is 6.97. The highest BCUT2D eigenvalue weighted by atomic mass is 19.4. The molecule has 8 nitrogen and oxygen atoms in total. The van der Waals surface area contributed by atoms with E-state index in [2.05, 4.69) is 4.84 Å². The third-order valence-electron chi connectivity index (χ3n) is 3.35. The molecule has 2 atom stereocenters. The predicted molar refractivity (Wildman–Crippen MR) is 72.7 cm³/mol. The first kappa shape index (κ1) is 18.5. The van der Waals surface area contributed by atoms with Crippen LogP contribution < -0.4 is 4.74 Å². The zero-order valence-electron chi connectivity index (χ0n) is 12.4. The van der Waals surface area contributed by atoms with E-state index in [1.54, 1.807) is 0 Å². The third kappa shape index (κ3) is 4.38. The van der Waals surface area contributed by atoms with Crippen molar-refractivity contribution in [2.24, 2.45) is 0 Å². The lowest BCUT2D eigenvalue weighted by Gasteiger charge is -2.20. The van der Waals surface area contributed by atoms with Crippen molar-refractivity contribution in [2.75, 3.05) is 6.54 Å². The van der Waals surface area contributed by atoms with Gasteiger partial charge >= 0.3 is 24.1 Å². The fraction of sp³-hybridized carbons (Fsp3) is 0.357. The average Bonchev–Trinajstić information content (AvgIpc) is 2.89. The molecule has 2 rings (SSSR count). The number of alkyl halides is 3. The largest absolute Gasteiger partial charge is 0.492 e. The standard InChI is InChI=1S/C14H12F3NO7/c15-14(16,17)13(23)25-18-6-7(5-9(18)12(21)22)24-10-4-2-1-3-8(10)11(19)20/h1-4,7,9H,5-6H2,(H,19,20)(H,21,22). The maximum atomic E-state index is 12.3. The quantitative estimate of drug-likeness (QED) is 0.805. The molecule has 0 amide bonds.